The summed E-state index contributed by atoms with van der Waals surface area (Å²) in [5.74, 6) is 0. The molecule has 164 valence electrons. The molecule has 0 spiro atoms. The van der Waals surface area contributed by atoms with Crippen LogP contribution >= 0.6 is 0 Å². The van der Waals surface area contributed by atoms with Crippen LogP contribution in [0.4, 0.5) is 0 Å². The second kappa shape index (κ2) is 12.7. The van der Waals surface area contributed by atoms with Gasteiger partial charge in [0.2, 0.25) is 0 Å². The molecular formula is C19H28O8S2. The van der Waals surface area contributed by atoms with Crippen LogP contribution < -0.4 is 0 Å². The van der Waals surface area contributed by atoms with E-state index in [1.54, 1.807) is 36.4 Å². The highest BCUT2D eigenvalue weighted by Gasteiger charge is 2.14. The summed E-state index contributed by atoms with van der Waals surface area (Å²) in [5.41, 5.74) is -0.0112. The highest BCUT2D eigenvalue weighted by atomic mass is 32.2. The summed E-state index contributed by atoms with van der Waals surface area (Å²) < 4.78 is 58.5. The van der Waals surface area contributed by atoms with Crippen LogP contribution in [0.25, 0.3) is 0 Å². The third-order valence-electron chi connectivity index (χ3n) is 3.52. The predicted octanol–water partition coefficient (Wildman–Crippen LogP) is 2.64. The number of hydrogen-bond acceptors (Lipinski definition) is 6. The normalized spacial score (nSPS) is 11.5. The largest absolute Gasteiger partial charge is 0.396 e. The number of aliphatic hydroxyl groups is 2. The molecule has 2 aromatic carbocycles. The molecule has 2 aromatic rings. The fraction of sp³-hybridized carbons (Fsp3) is 0.368. The van der Waals surface area contributed by atoms with E-state index < -0.39 is 20.2 Å². The lowest BCUT2D eigenvalue weighted by atomic mass is 9.89. The molecule has 0 aliphatic rings. The Balaban J connectivity index is 0.000000407. The van der Waals surface area contributed by atoms with Gasteiger partial charge >= 0.3 is 0 Å². The molecule has 0 aliphatic carbocycles. The molecule has 8 nitrogen and oxygen atoms in total. The van der Waals surface area contributed by atoms with Gasteiger partial charge in [-0.1, -0.05) is 50.2 Å². The van der Waals surface area contributed by atoms with Crippen molar-refractivity contribution in [3.8, 4) is 0 Å². The van der Waals surface area contributed by atoms with Gasteiger partial charge in [-0.3, -0.25) is 9.11 Å². The highest BCUT2D eigenvalue weighted by Crippen LogP contribution is 2.20. The van der Waals surface area contributed by atoms with Gasteiger partial charge in [0.15, 0.2) is 0 Å². The van der Waals surface area contributed by atoms with E-state index in [1.165, 1.54) is 24.3 Å². The molecule has 0 saturated carbocycles. The highest BCUT2D eigenvalue weighted by molar-refractivity contribution is 7.86. The molecule has 0 aromatic heterocycles. The molecule has 0 heterocycles. The van der Waals surface area contributed by atoms with Crippen molar-refractivity contribution < 1.29 is 36.2 Å². The van der Waals surface area contributed by atoms with Crippen LogP contribution in [0.5, 0.6) is 0 Å². The third-order valence-corrected chi connectivity index (χ3v) is 5.26. The lowest BCUT2D eigenvalue weighted by molar-refractivity contribution is 0.138. The summed E-state index contributed by atoms with van der Waals surface area (Å²) >= 11 is 0. The molecule has 0 aliphatic heterocycles. The average molecular weight is 449 g/mol. The first-order valence-electron chi connectivity index (χ1n) is 8.60. The van der Waals surface area contributed by atoms with Crippen molar-refractivity contribution in [2.75, 3.05) is 13.2 Å². The average Bonchev–Trinajstić information content (AvgIpc) is 2.68. The molecule has 0 saturated heterocycles. The fourth-order valence-corrected chi connectivity index (χ4v) is 2.82. The van der Waals surface area contributed by atoms with E-state index >= 15 is 0 Å². The molecule has 29 heavy (non-hydrogen) atoms. The Morgan fingerprint density at radius 3 is 1.28 bits per heavy atom. The van der Waals surface area contributed by atoms with Gasteiger partial charge in [0.25, 0.3) is 20.2 Å². The number of rotatable bonds is 6. The van der Waals surface area contributed by atoms with Crippen LogP contribution in [-0.4, -0.2) is 49.4 Å². The fourth-order valence-electron chi connectivity index (χ4n) is 1.82. The third kappa shape index (κ3) is 13.1. The Labute approximate surface area is 172 Å². The Kier molecular flexibility index (Phi) is 11.9. The summed E-state index contributed by atoms with van der Waals surface area (Å²) in [5, 5.41) is 17.2. The van der Waals surface area contributed by atoms with Crippen LogP contribution in [0.3, 0.4) is 0 Å². The number of aliphatic hydroxyl groups excluding tert-OH is 2. The standard InChI is InChI=1S/C7H16O2.2C6H6O3S/c1-7(2,6-9)4-3-5-8;2*7-10(8,9)6-4-2-1-3-5-6/h8-9H,3-6H2,1-2H3;2*1-5H,(H,7,8,9). The zero-order valence-electron chi connectivity index (χ0n) is 16.3. The first-order valence-corrected chi connectivity index (χ1v) is 11.5. The van der Waals surface area contributed by atoms with Gasteiger partial charge in [-0.05, 0) is 42.5 Å². The van der Waals surface area contributed by atoms with Gasteiger partial charge in [-0.25, -0.2) is 0 Å². The van der Waals surface area contributed by atoms with Gasteiger partial charge in [-0.15, -0.1) is 0 Å². The molecule has 0 radical (unpaired) electrons. The Morgan fingerprint density at radius 2 is 1.07 bits per heavy atom. The maximum Gasteiger partial charge on any atom is 0.294 e. The van der Waals surface area contributed by atoms with Crippen molar-refractivity contribution in [2.24, 2.45) is 5.41 Å². The van der Waals surface area contributed by atoms with E-state index in [2.05, 4.69) is 0 Å². The van der Waals surface area contributed by atoms with Crippen LogP contribution in [0, 0.1) is 5.41 Å². The molecule has 0 atom stereocenters. The van der Waals surface area contributed by atoms with E-state index in [0.717, 1.165) is 12.8 Å². The van der Waals surface area contributed by atoms with Crippen molar-refractivity contribution >= 4 is 20.2 Å². The minimum atomic E-state index is -4.00. The van der Waals surface area contributed by atoms with Gasteiger partial charge in [0.05, 0.1) is 9.79 Å². The number of hydrogen-bond donors (Lipinski definition) is 4. The second-order valence-electron chi connectivity index (χ2n) is 6.73. The number of benzene rings is 2. The van der Waals surface area contributed by atoms with Crippen molar-refractivity contribution in [2.45, 2.75) is 36.5 Å². The van der Waals surface area contributed by atoms with Crippen molar-refractivity contribution in [3.05, 3.63) is 60.7 Å². The predicted molar refractivity (Wildman–Crippen MR) is 110 cm³/mol. The molecule has 0 unspecified atom stereocenters. The lowest BCUT2D eigenvalue weighted by Crippen LogP contribution is -2.16. The quantitative estimate of drug-likeness (QED) is 0.493. The van der Waals surface area contributed by atoms with Crippen LogP contribution in [0.1, 0.15) is 26.7 Å². The van der Waals surface area contributed by atoms with Crippen molar-refractivity contribution in [1.29, 1.82) is 0 Å². The first-order chi connectivity index (χ1) is 13.3. The van der Waals surface area contributed by atoms with Crippen molar-refractivity contribution in [3.63, 3.8) is 0 Å². The van der Waals surface area contributed by atoms with E-state index in [0.29, 0.717) is 0 Å². The van der Waals surface area contributed by atoms with E-state index in [-0.39, 0.29) is 28.4 Å². The Hall–Kier alpha value is -1.82. The van der Waals surface area contributed by atoms with Gasteiger partial charge in [-0.2, -0.15) is 16.8 Å². The summed E-state index contributed by atoms with van der Waals surface area (Å²) in [6.07, 6.45) is 1.67. The molecule has 10 heteroatoms. The Morgan fingerprint density at radius 1 is 0.724 bits per heavy atom. The molecule has 0 amide bonds. The summed E-state index contributed by atoms with van der Waals surface area (Å²) in [6, 6.07) is 14.8. The van der Waals surface area contributed by atoms with Crippen molar-refractivity contribution in [1.82, 2.24) is 0 Å². The molecule has 0 bridgehead atoms. The molecule has 4 N–H and O–H groups in total. The van der Waals surface area contributed by atoms with Gasteiger partial charge in [0, 0.05) is 13.2 Å². The minimum absolute atomic E-state index is 0.0112. The summed E-state index contributed by atoms with van der Waals surface area (Å²) in [6.45, 7) is 4.40. The smallest absolute Gasteiger partial charge is 0.294 e. The first kappa shape index (κ1) is 27.2. The SMILES string of the molecule is CC(C)(CO)CCCO.O=S(=O)(O)c1ccccc1.O=S(=O)(O)c1ccccc1. The van der Waals surface area contributed by atoms with Crippen LogP contribution in [-0.2, 0) is 20.2 Å². The zero-order chi connectivity index (χ0) is 22.6. The van der Waals surface area contributed by atoms with Gasteiger partial charge < -0.3 is 10.2 Å². The maximum absolute atomic E-state index is 10.4. The van der Waals surface area contributed by atoms with Crippen LogP contribution in [0.2, 0.25) is 0 Å². The Bertz CT molecular complexity index is 826. The van der Waals surface area contributed by atoms with E-state index in [4.69, 9.17) is 19.3 Å². The molecule has 2 rings (SSSR count). The topological polar surface area (TPSA) is 149 Å². The lowest BCUT2D eigenvalue weighted by Gasteiger charge is -2.20. The molecule has 0 fully saturated rings. The maximum atomic E-state index is 10.4. The molecular weight excluding hydrogens is 420 g/mol. The van der Waals surface area contributed by atoms with Crippen LogP contribution in [0.15, 0.2) is 70.5 Å². The van der Waals surface area contributed by atoms with E-state index in [1.807, 2.05) is 13.8 Å². The zero-order valence-corrected chi connectivity index (χ0v) is 18.0. The van der Waals surface area contributed by atoms with E-state index in [9.17, 15) is 16.8 Å². The summed E-state index contributed by atoms with van der Waals surface area (Å²) in [7, 11) is -8.01. The second-order valence-corrected chi connectivity index (χ2v) is 9.57. The van der Waals surface area contributed by atoms with Gasteiger partial charge in [0.1, 0.15) is 0 Å². The summed E-state index contributed by atoms with van der Waals surface area (Å²) in [4.78, 5) is -0.148. The minimum Gasteiger partial charge on any atom is -0.396 e. The monoisotopic (exact) mass is 448 g/mol.